The summed E-state index contributed by atoms with van der Waals surface area (Å²) in [7, 11) is 1.68. The molecule has 0 amide bonds. The van der Waals surface area contributed by atoms with E-state index in [1.807, 2.05) is 24.3 Å². The predicted octanol–water partition coefficient (Wildman–Crippen LogP) is 3.37. The zero-order valence-electron chi connectivity index (χ0n) is 11.6. The fraction of sp³-hybridized carbons (Fsp3) is 0.600. The lowest BCUT2D eigenvalue weighted by atomic mass is 10.1. The van der Waals surface area contributed by atoms with Crippen LogP contribution in [0.3, 0.4) is 0 Å². The van der Waals surface area contributed by atoms with Gasteiger partial charge >= 0.3 is 0 Å². The van der Waals surface area contributed by atoms with E-state index in [1.54, 1.807) is 7.11 Å². The van der Waals surface area contributed by atoms with E-state index in [0.717, 1.165) is 31.1 Å². The first-order valence-electron chi connectivity index (χ1n) is 6.88. The van der Waals surface area contributed by atoms with Gasteiger partial charge in [0.05, 0.1) is 13.7 Å². The lowest BCUT2D eigenvalue weighted by molar-refractivity contribution is 0.205. The van der Waals surface area contributed by atoms with Gasteiger partial charge in [-0.3, -0.25) is 0 Å². The quantitative estimate of drug-likeness (QED) is 0.748. The fourth-order valence-electron chi connectivity index (χ4n) is 2.35. The second-order valence-corrected chi connectivity index (χ2v) is 4.78. The summed E-state index contributed by atoms with van der Waals surface area (Å²) in [6, 6.07) is 7.80. The van der Waals surface area contributed by atoms with Gasteiger partial charge in [-0.05, 0) is 44.5 Å². The molecule has 1 fully saturated rings. The van der Waals surface area contributed by atoms with Gasteiger partial charge in [0.1, 0.15) is 11.5 Å². The molecule has 0 radical (unpaired) electrons. The van der Waals surface area contributed by atoms with Crippen LogP contribution in [0.15, 0.2) is 24.3 Å². The van der Waals surface area contributed by atoms with Crippen molar-refractivity contribution in [2.24, 2.45) is 0 Å². The van der Waals surface area contributed by atoms with Gasteiger partial charge in [0, 0.05) is 12.6 Å². The van der Waals surface area contributed by atoms with Crippen molar-refractivity contribution in [1.29, 1.82) is 0 Å². The van der Waals surface area contributed by atoms with Gasteiger partial charge in [-0.15, -0.1) is 12.4 Å². The topological polar surface area (TPSA) is 21.7 Å². The highest BCUT2D eigenvalue weighted by Crippen LogP contribution is 2.19. The Morgan fingerprint density at radius 3 is 2.58 bits per heavy atom. The third kappa shape index (κ3) is 5.70. The zero-order chi connectivity index (χ0) is 12.6. The maximum Gasteiger partial charge on any atom is 0.122 e. The second kappa shape index (κ2) is 9.05. The number of piperidine rings is 1. The molecule has 3 nitrogen and oxygen atoms in total. The van der Waals surface area contributed by atoms with Gasteiger partial charge < -0.3 is 14.4 Å². The number of ether oxygens (including phenoxy) is 2. The van der Waals surface area contributed by atoms with E-state index in [1.165, 1.54) is 32.4 Å². The van der Waals surface area contributed by atoms with Gasteiger partial charge in [-0.25, -0.2) is 0 Å². The third-order valence-electron chi connectivity index (χ3n) is 3.38. The van der Waals surface area contributed by atoms with Crippen LogP contribution in [0, 0.1) is 0 Å². The lowest BCUT2D eigenvalue weighted by Gasteiger charge is -2.26. The summed E-state index contributed by atoms with van der Waals surface area (Å²) in [6.07, 6.45) is 5.21. The van der Waals surface area contributed by atoms with Crippen molar-refractivity contribution in [2.45, 2.75) is 25.7 Å². The Bertz CT molecular complexity index is 354. The molecule has 19 heavy (non-hydrogen) atoms. The van der Waals surface area contributed by atoms with Crippen LogP contribution in [0.25, 0.3) is 0 Å². The maximum absolute atomic E-state index is 5.73. The SMILES string of the molecule is COc1cccc(OCCCN2CCCCC2)c1.Cl. The molecule has 1 aliphatic rings. The second-order valence-electron chi connectivity index (χ2n) is 4.78. The van der Waals surface area contributed by atoms with Crippen LogP contribution >= 0.6 is 12.4 Å². The number of halogens is 1. The smallest absolute Gasteiger partial charge is 0.122 e. The molecule has 0 aromatic heterocycles. The fourth-order valence-corrected chi connectivity index (χ4v) is 2.35. The van der Waals surface area contributed by atoms with Gasteiger partial charge in [0.2, 0.25) is 0 Å². The molecule has 0 spiro atoms. The van der Waals surface area contributed by atoms with E-state index < -0.39 is 0 Å². The first-order chi connectivity index (χ1) is 8.88. The Morgan fingerprint density at radius 1 is 1.11 bits per heavy atom. The summed E-state index contributed by atoms with van der Waals surface area (Å²) >= 11 is 0. The highest BCUT2D eigenvalue weighted by Gasteiger charge is 2.08. The maximum atomic E-state index is 5.73. The molecule has 1 heterocycles. The Balaban J connectivity index is 0.00000180. The zero-order valence-corrected chi connectivity index (χ0v) is 12.5. The van der Waals surface area contributed by atoms with E-state index in [0.29, 0.717) is 0 Å². The Kier molecular flexibility index (Phi) is 7.68. The van der Waals surface area contributed by atoms with E-state index >= 15 is 0 Å². The number of nitrogens with zero attached hydrogens (tertiary/aromatic N) is 1. The highest BCUT2D eigenvalue weighted by atomic mass is 35.5. The number of likely N-dealkylation sites (tertiary alicyclic amines) is 1. The Morgan fingerprint density at radius 2 is 1.84 bits per heavy atom. The molecule has 2 rings (SSSR count). The third-order valence-corrected chi connectivity index (χ3v) is 3.38. The first kappa shape index (κ1) is 16.1. The molecule has 4 heteroatoms. The Hall–Kier alpha value is -0.930. The van der Waals surface area contributed by atoms with E-state index in [4.69, 9.17) is 9.47 Å². The first-order valence-corrected chi connectivity index (χ1v) is 6.88. The van der Waals surface area contributed by atoms with Crippen LogP contribution in [0.4, 0.5) is 0 Å². The highest BCUT2D eigenvalue weighted by molar-refractivity contribution is 5.85. The molecular weight excluding hydrogens is 262 g/mol. The van der Waals surface area contributed by atoms with Gasteiger partial charge in [0.15, 0.2) is 0 Å². The molecule has 0 unspecified atom stereocenters. The number of rotatable bonds is 6. The predicted molar refractivity (Wildman–Crippen MR) is 80.6 cm³/mol. The number of hydrogen-bond donors (Lipinski definition) is 0. The van der Waals surface area contributed by atoms with Crippen molar-refractivity contribution in [3.8, 4) is 11.5 Å². The summed E-state index contributed by atoms with van der Waals surface area (Å²) in [4.78, 5) is 2.54. The molecule has 1 aromatic rings. The summed E-state index contributed by atoms with van der Waals surface area (Å²) < 4.78 is 10.9. The lowest BCUT2D eigenvalue weighted by Crippen LogP contribution is -2.31. The molecule has 1 aliphatic heterocycles. The molecule has 0 N–H and O–H groups in total. The normalized spacial score (nSPS) is 15.6. The van der Waals surface area contributed by atoms with Crippen LogP contribution in [-0.2, 0) is 0 Å². The van der Waals surface area contributed by atoms with Crippen molar-refractivity contribution >= 4 is 12.4 Å². The van der Waals surface area contributed by atoms with Crippen LogP contribution in [-0.4, -0.2) is 38.3 Å². The summed E-state index contributed by atoms with van der Waals surface area (Å²) in [6.45, 7) is 4.46. The average Bonchev–Trinajstić information content (AvgIpc) is 2.45. The van der Waals surface area contributed by atoms with Crippen LogP contribution in [0.1, 0.15) is 25.7 Å². The van der Waals surface area contributed by atoms with E-state index in [2.05, 4.69) is 4.90 Å². The largest absolute Gasteiger partial charge is 0.497 e. The minimum absolute atomic E-state index is 0. The van der Waals surface area contributed by atoms with Crippen LogP contribution in [0.2, 0.25) is 0 Å². The van der Waals surface area contributed by atoms with E-state index in [-0.39, 0.29) is 12.4 Å². The van der Waals surface area contributed by atoms with Crippen LogP contribution in [0.5, 0.6) is 11.5 Å². The van der Waals surface area contributed by atoms with Crippen molar-refractivity contribution in [2.75, 3.05) is 33.4 Å². The number of benzene rings is 1. The molecule has 0 saturated carbocycles. The molecule has 0 atom stereocenters. The molecule has 1 aromatic carbocycles. The minimum atomic E-state index is 0. The minimum Gasteiger partial charge on any atom is -0.497 e. The molecule has 1 saturated heterocycles. The monoisotopic (exact) mass is 285 g/mol. The van der Waals surface area contributed by atoms with Gasteiger partial charge in [-0.1, -0.05) is 12.5 Å². The standard InChI is InChI=1S/C15H23NO2.ClH/c1-17-14-7-5-8-15(13-14)18-12-6-11-16-9-3-2-4-10-16;/h5,7-8,13H,2-4,6,9-12H2,1H3;1H. The summed E-state index contributed by atoms with van der Waals surface area (Å²) in [5, 5.41) is 0. The van der Waals surface area contributed by atoms with Crippen LogP contribution < -0.4 is 9.47 Å². The molecular formula is C15H24ClNO2. The molecule has 0 aliphatic carbocycles. The van der Waals surface area contributed by atoms with Crippen molar-refractivity contribution < 1.29 is 9.47 Å². The van der Waals surface area contributed by atoms with Gasteiger partial charge in [-0.2, -0.15) is 0 Å². The van der Waals surface area contributed by atoms with E-state index in [9.17, 15) is 0 Å². The Labute approximate surface area is 122 Å². The van der Waals surface area contributed by atoms with Crippen molar-refractivity contribution in [3.63, 3.8) is 0 Å². The van der Waals surface area contributed by atoms with Gasteiger partial charge in [0.25, 0.3) is 0 Å². The average molecular weight is 286 g/mol. The van der Waals surface area contributed by atoms with Crippen molar-refractivity contribution in [1.82, 2.24) is 4.90 Å². The summed E-state index contributed by atoms with van der Waals surface area (Å²) in [5.74, 6) is 1.75. The number of methoxy groups -OCH3 is 1. The number of hydrogen-bond acceptors (Lipinski definition) is 3. The summed E-state index contributed by atoms with van der Waals surface area (Å²) in [5.41, 5.74) is 0. The molecule has 0 bridgehead atoms. The molecule has 108 valence electrons. The van der Waals surface area contributed by atoms with Crippen molar-refractivity contribution in [3.05, 3.63) is 24.3 Å².